The third-order valence-corrected chi connectivity index (χ3v) is 4.26. The third-order valence-electron chi connectivity index (χ3n) is 4.26. The highest BCUT2D eigenvalue weighted by molar-refractivity contribution is 6.07. The second-order valence-electron chi connectivity index (χ2n) is 5.98. The Hall–Kier alpha value is -3.02. The maximum atomic E-state index is 13.2. The summed E-state index contributed by atoms with van der Waals surface area (Å²) in [6, 6.07) is 9.80. The Labute approximate surface area is 151 Å². The molecular formula is C20H21FN4O. The van der Waals surface area contributed by atoms with Gasteiger partial charge in [0.1, 0.15) is 5.82 Å². The van der Waals surface area contributed by atoms with E-state index < -0.39 is 0 Å². The molecule has 0 radical (unpaired) electrons. The lowest BCUT2D eigenvalue weighted by molar-refractivity contribution is 0.0774. The van der Waals surface area contributed by atoms with Crippen molar-refractivity contribution in [2.45, 2.75) is 20.8 Å². The summed E-state index contributed by atoms with van der Waals surface area (Å²) in [6.45, 7) is 6.98. The molecule has 0 saturated heterocycles. The molecule has 0 unspecified atom stereocenters. The number of nitrogens with zero attached hydrogens (tertiary/aromatic N) is 3. The molecule has 0 aliphatic rings. The number of aryl methyl sites for hydroxylation is 1. The monoisotopic (exact) mass is 352 g/mol. The van der Waals surface area contributed by atoms with Gasteiger partial charge in [0.25, 0.3) is 5.91 Å². The quantitative estimate of drug-likeness (QED) is 0.744. The highest BCUT2D eigenvalue weighted by atomic mass is 19.1. The van der Waals surface area contributed by atoms with Crippen molar-refractivity contribution in [3.63, 3.8) is 0 Å². The van der Waals surface area contributed by atoms with E-state index in [4.69, 9.17) is 0 Å². The van der Waals surface area contributed by atoms with Crippen LogP contribution in [0.15, 0.2) is 42.6 Å². The fourth-order valence-electron chi connectivity index (χ4n) is 2.83. The summed E-state index contributed by atoms with van der Waals surface area (Å²) < 4.78 is 13.2. The number of halogens is 1. The van der Waals surface area contributed by atoms with Gasteiger partial charge in [0, 0.05) is 36.1 Å². The molecule has 0 spiro atoms. The summed E-state index contributed by atoms with van der Waals surface area (Å²) in [5.41, 5.74) is 3.20. The second kappa shape index (κ2) is 7.47. The van der Waals surface area contributed by atoms with Gasteiger partial charge in [0.15, 0.2) is 5.65 Å². The van der Waals surface area contributed by atoms with Crippen LogP contribution < -0.4 is 5.32 Å². The Balaban J connectivity index is 2.15. The number of pyridine rings is 2. The van der Waals surface area contributed by atoms with E-state index in [1.807, 2.05) is 32.9 Å². The Morgan fingerprint density at radius 1 is 1.12 bits per heavy atom. The first-order valence-corrected chi connectivity index (χ1v) is 8.61. The van der Waals surface area contributed by atoms with E-state index in [1.54, 1.807) is 23.2 Å². The number of fused-ring (bicyclic) bond motifs is 1. The molecule has 0 fully saturated rings. The van der Waals surface area contributed by atoms with Crippen LogP contribution in [-0.2, 0) is 0 Å². The van der Waals surface area contributed by atoms with Crippen molar-refractivity contribution in [1.82, 2.24) is 14.9 Å². The number of anilines is 2. The first-order chi connectivity index (χ1) is 12.5. The molecule has 1 aromatic carbocycles. The van der Waals surface area contributed by atoms with Crippen LogP contribution in [0.1, 0.15) is 29.9 Å². The van der Waals surface area contributed by atoms with E-state index in [-0.39, 0.29) is 11.7 Å². The van der Waals surface area contributed by atoms with Gasteiger partial charge in [-0.05, 0) is 57.2 Å². The van der Waals surface area contributed by atoms with Gasteiger partial charge in [-0.1, -0.05) is 0 Å². The first-order valence-electron chi connectivity index (χ1n) is 8.61. The summed E-state index contributed by atoms with van der Waals surface area (Å²) in [5.74, 6) is -0.415. The third kappa shape index (κ3) is 3.49. The van der Waals surface area contributed by atoms with E-state index >= 15 is 0 Å². The van der Waals surface area contributed by atoms with Gasteiger partial charge in [-0.25, -0.2) is 14.4 Å². The number of aromatic nitrogens is 2. The van der Waals surface area contributed by atoms with Crippen molar-refractivity contribution in [3.05, 3.63) is 59.7 Å². The molecule has 6 heteroatoms. The molecule has 2 heterocycles. The van der Waals surface area contributed by atoms with E-state index in [0.29, 0.717) is 35.7 Å². The zero-order valence-corrected chi connectivity index (χ0v) is 15.1. The van der Waals surface area contributed by atoms with Gasteiger partial charge in [0.2, 0.25) is 0 Å². The molecule has 3 aromatic rings. The highest BCUT2D eigenvalue weighted by Gasteiger charge is 2.20. The fourth-order valence-corrected chi connectivity index (χ4v) is 2.83. The lowest BCUT2D eigenvalue weighted by Gasteiger charge is -2.21. The molecule has 26 heavy (non-hydrogen) atoms. The Morgan fingerprint density at radius 3 is 2.46 bits per heavy atom. The molecule has 0 aliphatic heterocycles. The number of carbonyl (C=O) groups excluding carboxylic acids is 1. The minimum atomic E-state index is -0.313. The predicted molar refractivity (Wildman–Crippen MR) is 101 cm³/mol. The molecular weight excluding hydrogens is 331 g/mol. The topological polar surface area (TPSA) is 58.1 Å². The van der Waals surface area contributed by atoms with Crippen molar-refractivity contribution < 1.29 is 9.18 Å². The highest BCUT2D eigenvalue weighted by Crippen LogP contribution is 2.29. The van der Waals surface area contributed by atoms with Gasteiger partial charge in [-0.2, -0.15) is 0 Å². The van der Waals surface area contributed by atoms with Crippen molar-refractivity contribution in [2.24, 2.45) is 0 Å². The maximum Gasteiger partial charge on any atom is 0.257 e. The molecule has 0 atom stereocenters. The van der Waals surface area contributed by atoms with E-state index in [9.17, 15) is 9.18 Å². The zero-order valence-electron chi connectivity index (χ0n) is 15.1. The number of nitrogens with one attached hydrogen (secondary N) is 1. The van der Waals surface area contributed by atoms with Crippen LogP contribution in [0.5, 0.6) is 0 Å². The van der Waals surface area contributed by atoms with Crippen LogP contribution in [-0.4, -0.2) is 33.9 Å². The fraction of sp³-hybridized carbons (Fsp3) is 0.250. The summed E-state index contributed by atoms with van der Waals surface area (Å²) in [6.07, 6.45) is 1.56. The average Bonchev–Trinajstić information content (AvgIpc) is 2.64. The summed E-state index contributed by atoms with van der Waals surface area (Å²) in [4.78, 5) is 23.5. The number of carbonyl (C=O) groups is 1. The summed E-state index contributed by atoms with van der Waals surface area (Å²) in [5, 5.41) is 4.00. The molecule has 2 aromatic heterocycles. The number of amides is 1. The Bertz CT molecular complexity index is 936. The van der Waals surface area contributed by atoms with Crippen molar-refractivity contribution in [3.8, 4) is 0 Å². The molecule has 0 aliphatic carbocycles. The van der Waals surface area contributed by atoms with E-state index in [1.165, 1.54) is 12.1 Å². The Kier molecular flexibility index (Phi) is 5.11. The van der Waals surface area contributed by atoms with Gasteiger partial charge in [-0.15, -0.1) is 0 Å². The van der Waals surface area contributed by atoms with Gasteiger partial charge >= 0.3 is 0 Å². The number of rotatable bonds is 5. The van der Waals surface area contributed by atoms with Crippen LogP contribution in [0.3, 0.4) is 0 Å². The van der Waals surface area contributed by atoms with Crippen LogP contribution in [0.25, 0.3) is 11.0 Å². The van der Waals surface area contributed by atoms with Crippen molar-refractivity contribution in [1.29, 1.82) is 0 Å². The summed E-state index contributed by atoms with van der Waals surface area (Å²) >= 11 is 0. The molecule has 0 saturated carbocycles. The number of hydrogen-bond acceptors (Lipinski definition) is 4. The molecule has 5 nitrogen and oxygen atoms in total. The number of benzene rings is 1. The zero-order chi connectivity index (χ0) is 18.7. The molecule has 0 bridgehead atoms. The SMILES string of the molecule is CCN(CC)C(=O)c1cnc2nc(C)ccc2c1Nc1ccc(F)cc1. The van der Waals surface area contributed by atoms with Crippen LogP contribution >= 0.6 is 0 Å². The van der Waals surface area contributed by atoms with Crippen molar-refractivity contribution >= 4 is 28.3 Å². The molecule has 134 valence electrons. The number of hydrogen-bond donors (Lipinski definition) is 1. The predicted octanol–water partition coefficient (Wildman–Crippen LogP) is 4.30. The van der Waals surface area contributed by atoms with E-state index in [0.717, 1.165) is 11.1 Å². The maximum absolute atomic E-state index is 13.2. The van der Waals surface area contributed by atoms with E-state index in [2.05, 4.69) is 15.3 Å². The molecule has 1 N–H and O–H groups in total. The summed E-state index contributed by atoms with van der Waals surface area (Å²) in [7, 11) is 0. The minimum Gasteiger partial charge on any atom is -0.354 e. The lowest BCUT2D eigenvalue weighted by Crippen LogP contribution is -2.31. The van der Waals surface area contributed by atoms with Crippen LogP contribution in [0.4, 0.5) is 15.8 Å². The van der Waals surface area contributed by atoms with Crippen LogP contribution in [0.2, 0.25) is 0 Å². The normalized spacial score (nSPS) is 10.8. The smallest absolute Gasteiger partial charge is 0.257 e. The Morgan fingerprint density at radius 2 is 1.81 bits per heavy atom. The van der Waals surface area contributed by atoms with Gasteiger partial charge in [0.05, 0.1) is 11.3 Å². The van der Waals surface area contributed by atoms with Crippen LogP contribution in [0, 0.1) is 12.7 Å². The van der Waals surface area contributed by atoms with Crippen molar-refractivity contribution in [2.75, 3.05) is 18.4 Å². The standard InChI is InChI=1S/C20H21FN4O/c1-4-25(5-2)20(26)17-12-22-19-16(11-6-13(3)23-19)18(17)24-15-9-7-14(21)8-10-15/h6-12H,4-5H2,1-3H3,(H,22,23,24). The molecule has 3 rings (SSSR count). The average molecular weight is 352 g/mol. The lowest BCUT2D eigenvalue weighted by atomic mass is 10.1. The second-order valence-corrected chi connectivity index (χ2v) is 5.98. The van der Waals surface area contributed by atoms with Gasteiger partial charge < -0.3 is 10.2 Å². The van der Waals surface area contributed by atoms with Gasteiger partial charge in [-0.3, -0.25) is 4.79 Å². The largest absolute Gasteiger partial charge is 0.354 e. The first kappa shape index (κ1) is 17.8. The molecule has 1 amide bonds. The minimum absolute atomic E-state index is 0.102.